The molecule has 2 amide bonds. The van der Waals surface area contributed by atoms with Crippen LogP contribution in [0.25, 0.3) is 0 Å². The molecule has 0 fully saturated rings. The van der Waals surface area contributed by atoms with Crippen LogP contribution in [0.15, 0.2) is 0 Å². The summed E-state index contributed by atoms with van der Waals surface area (Å²) in [5, 5.41) is 0. The topological polar surface area (TPSA) is 62.3 Å². The van der Waals surface area contributed by atoms with Crippen LogP contribution < -0.4 is 0 Å². The number of nitrogens with zero attached hydrogens (tertiary/aromatic N) is 3. The lowest BCUT2D eigenvalue weighted by Crippen LogP contribution is -2.28. The minimum atomic E-state index is 0.0471. The maximum Gasteiger partial charge on any atom is 0.219 e. The third-order valence-electron chi connectivity index (χ3n) is 3.92. The van der Waals surface area contributed by atoms with Crippen molar-refractivity contribution in [2.45, 2.75) is 26.7 Å². The first kappa shape index (κ1) is 22.8. The quantitative estimate of drug-likeness (QED) is 0.434. The van der Waals surface area contributed by atoms with Crippen LogP contribution in [0.4, 0.5) is 0 Å². The standard InChI is InChI=1S/C17H35N3O4/c1-16(21)19(4)9-7-6-8-18(3)10-12-23-14-15-24-13-11-20(5)17(2)22/h6-15H2,1-5H3. The van der Waals surface area contributed by atoms with Crippen molar-refractivity contribution < 1.29 is 19.1 Å². The Labute approximate surface area is 146 Å². The normalized spacial score (nSPS) is 10.9. The van der Waals surface area contributed by atoms with Crippen LogP contribution in [0.5, 0.6) is 0 Å². The zero-order valence-electron chi connectivity index (χ0n) is 16.0. The largest absolute Gasteiger partial charge is 0.378 e. The molecule has 0 aromatic rings. The molecule has 0 aromatic heterocycles. The van der Waals surface area contributed by atoms with Gasteiger partial charge in [-0.25, -0.2) is 0 Å². The third-order valence-corrected chi connectivity index (χ3v) is 3.92. The molecule has 0 rings (SSSR count). The average Bonchev–Trinajstić information content (AvgIpc) is 2.53. The monoisotopic (exact) mass is 345 g/mol. The average molecular weight is 345 g/mol. The highest BCUT2D eigenvalue weighted by Crippen LogP contribution is 1.96. The fourth-order valence-electron chi connectivity index (χ4n) is 1.90. The molecule has 142 valence electrons. The van der Waals surface area contributed by atoms with Crippen molar-refractivity contribution in [3.05, 3.63) is 0 Å². The van der Waals surface area contributed by atoms with Crippen molar-refractivity contribution in [3.63, 3.8) is 0 Å². The van der Waals surface area contributed by atoms with Gasteiger partial charge in [0.2, 0.25) is 11.8 Å². The van der Waals surface area contributed by atoms with Gasteiger partial charge in [0.1, 0.15) is 0 Å². The van der Waals surface area contributed by atoms with Gasteiger partial charge in [-0.1, -0.05) is 0 Å². The Morgan fingerprint density at radius 2 is 1.12 bits per heavy atom. The molecule has 0 aliphatic rings. The van der Waals surface area contributed by atoms with Crippen LogP contribution in [0.3, 0.4) is 0 Å². The van der Waals surface area contributed by atoms with Gasteiger partial charge in [0.05, 0.1) is 26.4 Å². The Hall–Kier alpha value is -1.18. The van der Waals surface area contributed by atoms with E-state index in [1.165, 1.54) is 0 Å². The lowest BCUT2D eigenvalue weighted by molar-refractivity contribution is -0.128. The van der Waals surface area contributed by atoms with Crippen LogP contribution in [-0.2, 0) is 19.1 Å². The minimum absolute atomic E-state index is 0.0471. The van der Waals surface area contributed by atoms with Crippen LogP contribution >= 0.6 is 0 Å². The number of rotatable bonds is 14. The predicted octanol–water partition coefficient (Wildman–Crippen LogP) is 0.688. The smallest absolute Gasteiger partial charge is 0.219 e. The van der Waals surface area contributed by atoms with E-state index in [1.54, 1.807) is 30.7 Å². The van der Waals surface area contributed by atoms with E-state index in [9.17, 15) is 9.59 Å². The van der Waals surface area contributed by atoms with E-state index in [0.29, 0.717) is 33.0 Å². The zero-order valence-corrected chi connectivity index (χ0v) is 16.0. The molecule has 0 aromatic carbocycles. The molecule has 0 heterocycles. The van der Waals surface area contributed by atoms with Gasteiger partial charge in [-0.3, -0.25) is 9.59 Å². The second-order valence-electron chi connectivity index (χ2n) is 6.12. The molecule has 0 unspecified atom stereocenters. The van der Waals surface area contributed by atoms with Gasteiger partial charge in [-0.2, -0.15) is 0 Å². The summed E-state index contributed by atoms with van der Waals surface area (Å²) in [6, 6.07) is 0. The molecule has 0 saturated carbocycles. The summed E-state index contributed by atoms with van der Waals surface area (Å²) in [6.45, 7) is 8.78. The van der Waals surface area contributed by atoms with Gasteiger partial charge in [0, 0.05) is 47.6 Å². The molecule has 0 aliphatic heterocycles. The number of unbranched alkanes of at least 4 members (excludes halogenated alkanes) is 1. The molecule has 0 aliphatic carbocycles. The van der Waals surface area contributed by atoms with Gasteiger partial charge in [0.25, 0.3) is 0 Å². The molecular weight excluding hydrogens is 310 g/mol. The Morgan fingerprint density at radius 1 is 0.667 bits per heavy atom. The lowest BCUT2D eigenvalue weighted by Gasteiger charge is -2.18. The molecule has 7 nitrogen and oxygen atoms in total. The minimum Gasteiger partial charge on any atom is -0.378 e. The van der Waals surface area contributed by atoms with Gasteiger partial charge in [-0.05, 0) is 26.4 Å². The fraction of sp³-hybridized carbons (Fsp3) is 0.882. The number of likely N-dealkylation sites (N-methyl/N-ethyl adjacent to an activating group) is 2. The van der Waals surface area contributed by atoms with Crippen LogP contribution in [0.1, 0.15) is 26.7 Å². The van der Waals surface area contributed by atoms with Crippen LogP contribution in [0.2, 0.25) is 0 Å². The molecule has 0 spiro atoms. The van der Waals surface area contributed by atoms with Crippen molar-refractivity contribution in [1.29, 1.82) is 0 Å². The predicted molar refractivity (Wildman–Crippen MR) is 95.0 cm³/mol. The Kier molecular flexibility index (Phi) is 13.5. The SMILES string of the molecule is CC(=O)N(C)CCCCN(C)CCOCCOCCN(C)C(C)=O. The van der Waals surface area contributed by atoms with Gasteiger partial charge < -0.3 is 24.2 Å². The molecular formula is C17H35N3O4. The van der Waals surface area contributed by atoms with Crippen molar-refractivity contribution in [3.8, 4) is 0 Å². The highest BCUT2D eigenvalue weighted by Gasteiger charge is 2.03. The number of hydrogen-bond acceptors (Lipinski definition) is 5. The van der Waals surface area contributed by atoms with E-state index >= 15 is 0 Å². The summed E-state index contributed by atoms with van der Waals surface area (Å²) in [5.41, 5.74) is 0. The van der Waals surface area contributed by atoms with Gasteiger partial charge in [-0.15, -0.1) is 0 Å². The van der Waals surface area contributed by atoms with Crippen molar-refractivity contribution >= 4 is 11.8 Å². The van der Waals surface area contributed by atoms with E-state index < -0.39 is 0 Å². The summed E-state index contributed by atoms with van der Waals surface area (Å²) in [6.07, 6.45) is 2.09. The molecule has 24 heavy (non-hydrogen) atoms. The fourth-order valence-corrected chi connectivity index (χ4v) is 1.90. The number of carbonyl (C=O) groups excluding carboxylic acids is 2. The first-order chi connectivity index (χ1) is 11.3. The van der Waals surface area contributed by atoms with E-state index in [0.717, 1.165) is 32.5 Å². The maximum atomic E-state index is 11.1. The first-order valence-corrected chi connectivity index (χ1v) is 8.62. The third kappa shape index (κ3) is 13.3. The summed E-state index contributed by atoms with van der Waals surface area (Å²) in [5.74, 6) is 0.165. The lowest BCUT2D eigenvalue weighted by atomic mass is 10.3. The summed E-state index contributed by atoms with van der Waals surface area (Å²) in [4.78, 5) is 27.7. The van der Waals surface area contributed by atoms with Gasteiger partial charge in [0.15, 0.2) is 0 Å². The van der Waals surface area contributed by atoms with Gasteiger partial charge >= 0.3 is 0 Å². The van der Waals surface area contributed by atoms with E-state index in [4.69, 9.17) is 9.47 Å². The summed E-state index contributed by atoms with van der Waals surface area (Å²) >= 11 is 0. The molecule has 0 radical (unpaired) electrons. The summed E-state index contributed by atoms with van der Waals surface area (Å²) in [7, 11) is 5.67. The zero-order chi connectivity index (χ0) is 18.4. The van der Waals surface area contributed by atoms with E-state index in [-0.39, 0.29) is 11.8 Å². The van der Waals surface area contributed by atoms with Crippen molar-refractivity contribution in [2.75, 3.05) is 73.7 Å². The molecule has 0 saturated heterocycles. The molecule has 0 N–H and O–H groups in total. The number of hydrogen-bond donors (Lipinski definition) is 0. The van der Waals surface area contributed by atoms with E-state index in [2.05, 4.69) is 11.9 Å². The summed E-state index contributed by atoms with van der Waals surface area (Å²) < 4.78 is 11.0. The second-order valence-corrected chi connectivity index (χ2v) is 6.12. The highest BCUT2D eigenvalue weighted by atomic mass is 16.5. The van der Waals surface area contributed by atoms with E-state index in [1.807, 2.05) is 7.05 Å². The number of ether oxygens (including phenoxy) is 2. The first-order valence-electron chi connectivity index (χ1n) is 8.62. The Balaban J connectivity index is 3.36. The van der Waals surface area contributed by atoms with Crippen molar-refractivity contribution in [2.24, 2.45) is 0 Å². The second kappa shape index (κ2) is 14.2. The number of amides is 2. The molecule has 0 bridgehead atoms. The molecule has 0 atom stereocenters. The van der Waals surface area contributed by atoms with Crippen LogP contribution in [-0.4, -0.2) is 100 Å². The number of carbonyl (C=O) groups is 2. The Bertz CT molecular complexity index is 353. The molecule has 7 heteroatoms. The van der Waals surface area contributed by atoms with Crippen molar-refractivity contribution in [1.82, 2.24) is 14.7 Å². The van der Waals surface area contributed by atoms with Crippen LogP contribution in [0, 0.1) is 0 Å². The maximum absolute atomic E-state index is 11.1. The Morgan fingerprint density at radius 3 is 1.67 bits per heavy atom. The highest BCUT2D eigenvalue weighted by molar-refractivity contribution is 5.73.